The maximum Gasteiger partial charge on any atom is 0.228 e. The number of nitrogens with zero attached hydrogens (tertiary/aromatic N) is 6. The molecule has 1 fully saturated rings. The SMILES string of the molecule is COc1cccc(-c2nnc3c4ccccc4nc(N4CCN(C(=O)Cc5cccs5)C(C)C4)n23)c1. The summed E-state index contributed by atoms with van der Waals surface area (Å²) in [5.74, 6) is 2.42. The van der Waals surface area contributed by atoms with Gasteiger partial charge in [0.05, 0.1) is 19.0 Å². The number of hydrogen-bond acceptors (Lipinski definition) is 7. The highest BCUT2D eigenvalue weighted by molar-refractivity contribution is 7.10. The van der Waals surface area contributed by atoms with Gasteiger partial charge < -0.3 is 14.5 Å². The fourth-order valence-electron chi connectivity index (χ4n) is 4.90. The normalized spacial score (nSPS) is 16.1. The molecular formula is C27H26N6O2S. The maximum absolute atomic E-state index is 13.0. The number of para-hydroxylation sites is 1. The molecule has 1 amide bonds. The number of hydrogen-bond donors (Lipinski definition) is 0. The first-order chi connectivity index (χ1) is 17.6. The van der Waals surface area contributed by atoms with Crippen LogP contribution in [0.25, 0.3) is 27.9 Å². The third-order valence-corrected chi connectivity index (χ3v) is 7.57. The molecule has 8 nitrogen and oxygen atoms in total. The summed E-state index contributed by atoms with van der Waals surface area (Å²) in [7, 11) is 1.65. The molecule has 1 aliphatic rings. The summed E-state index contributed by atoms with van der Waals surface area (Å²) in [5.41, 5.74) is 2.53. The van der Waals surface area contributed by atoms with Crippen LogP contribution in [-0.4, -0.2) is 63.2 Å². The van der Waals surface area contributed by atoms with Crippen molar-refractivity contribution in [3.8, 4) is 17.1 Å². The Morgan fingerprint density at radius 3 is 2.78 bits per heavy atom. The number of anilines is 1. The fraction of sp³-hybridized carbons (Fsp3) is 0.259. The van der Waals surface area contributed by atoms with Crippen LogP contribution in [-0.2, 0) is 11.2 Å². The average Bonchev–Trinajstić information content (AvgIpc) is 3.58. The molecule has 0 aliphatic carbocycles. The standard InChI is InChI=1S/C27H26N6O2S/c1-18-17-31(12-13-32(18)24(34)16-21-9-6-14-36-21)27-28-23-11-4-3-10-22(23)26-30-29-25(33(26)27)19-7-5-8-20(15-19)35-2/h3-11,14-15,18H,12-13,16-17H2,1-2H3. The molecule has 36 heavy (non-hydrogen) atoms. The number of carbonyl (C=O) groups excluding carboxylic acids is 1. The molecule has 0 radical (unpaired) electrons. The van der Waals surface area contributed by atoms with Gasteiger partial charge in [-0.3, -0.25) is 4.79 Å². The van der Waals surface area contributed by atoms with Gasteiger partial charge >= 0.3 is 0 Å². The summed E-state index contributed by atoms with van der Waals surface area (Å²) >= 11 is 1.63. The third-order valence-electron chi connectivity index (χ3n) is 6.69. The number of carbonyl (C=O) groups is 1. The molecule has 1 aliphatic heterocycles. The van der Waals surface area contributed by atoms with Gasteiger partial charge in [-0.25, -0.2) is 9.38 Å². The summed E-state index contributed by atoms with van der Waals surface area (Å²) in [6.45, 7) is 4.09. The first kappa shape index (κ1) is 22.5. The minimum atomic E-state index is 0.0475. The number of ether oxygens (including phenoxy) is 1. The van der Waals surface area contributed by atoms with Crippen molar-refractivity contribution in [1.29, 1.82) is 0 Å². The van der Waals surface area contributed by atoms with Gasteiger partial charge in [-0.15, -0.1) is 21.5 Å². The first-order valence-corrected chi connectivity index (χ1v) is 12.9. The van der Waals surface area contributed by atoms with Crippen molar-refractivity contribution in [3.63, 3.8) is 0 Å². The summed E-state index contributed by atoms with van der Waals surface area (Å²) < 4.78 is 7.48. The van der Waals surface area contributed by atoms with E-state index in [1.165, 1.54) is 0 Å². The average molecular weight is 499 g/mol. The summed E-state index contributed by atoms with van der Waals surface area (Å²) in [6.07, 6.45) is 0.450. The predicted molar refractivity (Wildman–Crippen MR) is 142 cm³/mol. The zero-order chi connectivity index (χ0) is 24.6. The number of amides is 1. The Balaban J connectivity index is 1.39. The lowest BCUT2D eigenvalue weighted by Crippen LogP contribution is -2.55. The van der Waals surface area contributed by atoms with Crippen molar-refractivity contribution in [2.24, 2.45) is 0 Å². The minimum absolute atomic E-state index is 0.0475. The zero-order valence-corrected chi connectivity index (χ0v) is 21.0. The molecule has 2 aromatic carbocycles. The van der Waals surface area contributed by atoms with Crippen LogP contribution in [0.15, 0.2) is 66.0 Å². The number of aromatic nitrogens is 4. The van der Waals surface area contributed by atoms with E-state index in [-0.39, 0.29) is 11.9 Å². The second-order valence-electron chi connectivity index (χ2n) is 8.98. The molecule has 182 valence electrons. The molecular weight excluding hydrogens is 472 g/mol. The summed E-state index contributed by atoms with van der Waals surface area (Å²) in [6, 6.07) is 19.9. The monoisotopic (exact) mass is 498 g/mol. The number of rotatable bonds is 5. The van der Waals surface area contributed by atoms with E-state index < -0.39 is 0 Å². The summed E-state index contributed by atoms with van der Waals surface area (Å²) in [5, 5.41) is 12.1. The Hall–Kier alpha value is -3.98. The molecule has 0 bridgehead atoms. The van der Waals surface area contributed by atoms with Crippen molar-refractivity contribution >= 4 is 39.7 Å². The Bertz CT molecular complexity index is 1550. The van der Waals surface area contributed by atoms with Crippen molar-refractivity contribution in [3.05, 3.63) is 70.9 Å². The largest absolute Gasteiger partial charge is 0.497 e. The van der Waals surface area contributed by atoms with Crippen molar-refractivity contribution in [1.82, 2.24) is 24.5 Å². The highest BCUT2D eigenvalue weighted by Gasteiger charge is 2.30. The number of benzene rings is 2. The number of fused-ring (bicyclic) bond motifs is 3. The molecule has 4 heterocycles. The lowest BCUT2D eigenvalue weighted by Gasteiger charge is -2.40. The van der Waals surface area contributed by atoms with E-state index in [9.17, 15) is 4.79 Å². The van der Waals surface area contributed by atoms with E-state index in [1.807, 2.05) is 75.3 Å². The molecule has 9 heteroatoms. The molecule has 0 saturated carbocycles. The molecule has 6 rings (SSSR count). The van der Waals surface area contributed by atoms with Gasteiger partial charge in [0.1, 0.15) is 5.75 Å². The Morgan fingerprint density at radius 2 is 1.97 bits per heavy atom. The van der Waals surface area contributed by atoms with Crippen LogP contribution in [0, 0.1) is 0 Å². The van der Waals surface area contributed by atoms with Crippen LogP contribution >= 0.6 is 11.3 Å². The van der Waals surface area contributed by atoms with Crippen LogP contribution in [0.2, 0.25) is 0 Å². The second kappa shape index (κ2) is 9.23. The molecule has 5 aromatic rings. The molecule has 1 saturated heterocycles. The topological polar surface area (TPSA) is 75.9 Å². The Labute approximate surface area is 212 Å². The van der Waals surface area contributed by atoms with E-state index in [4.69, 9.17) is 9.72 Å². The quantitative estimate of drug-likeness (QED) is 0.360. The zero-order valence-electron chi connectivity index (χ0n) is 20.2. The predicted octanol–water partition coefficient (Wildman–Crippen LogP) is 4.29. The highest BCUT2D eigenvalue weighted by Crippen LogP contribution is 2.31. The Morgan fingerprint density at radius 1 is 1.08 bits per heavy atom. The fourth-order valence-corrected chi connectivity index (χ4v) is 5.60. The molecule has 0 N–H and O–H groups in total. The van der Waals surface area contributed by atoms with Gasteiger partial charge in [-0.2, -0.15) is 0 Å². The van der Waals surface area contributed by atoms with Crippen LogP contribution in [0.3, 0.4) is 0 Å². The van der Waals surface area contributed by atoms with Crippen molar-refractivity contribution < 1.29 is 9.53 Å². The highest BCUT2D eigenvalue weighted by atomic mass is 32.1. The lowest BCUT2D eigenvalue weighted by atomic mass is 10.1. The van der Waals surface area contributed by atoms with Crippen molar-refractivity contribution in [2.75, 3.05) is 31.6 Å². The van der Waals surface area contributed by atoms with Crippen LogP contribution in [0.5, 0.6) is 5.75 Å². The molecule has 1 atom stereocenters. The van der Waals surface area contributed by atoms with E-state index in [0.29, 0.717) is 31.9 Å². The van der Waals surface area contributed by atoms with Crippen LogP contribution < -0.4 is 9.64 Å². The van der Waals surface area contributed by atoms with Gasteiger partial charge in [-0.05, 0) is 42.6 Å². The number of piperazine rings is 1. The van der Waals surface area contributed by atoms with Crippen LogP contribution in [0.1, 0.15) is 11.8 Å². The van der Waals surface area contributed by atoms with E-state index >= 15 is 0 Å². The van der Waals surface area contributed by atoms with Gasteiger partial charge in [0.25, 0.3) is 0 Å². The molecule has 3 aromatic heterocycles. The van der Waals surface area contributed by atoms with Crippen LogP contribution in [0.4, 0.5) is 5.95 Å². The summed E-state index contributed by atoms with van der Waals surface area (Å²) in [4.78, 5) is 23.4. The third kappa shape index (κ3) is 3.95. The van der Waals surface area contributed by atoms with E-state index in [1.54, 1.807) is 18.4 Å². The maximum atomic E-state index is 13.0. The second-order valence-corrected chi connectivity index (χ2v) is 10.0. The first-order valence-electron chi connectivity index (χ1n) is 12.0. The molecule has 1 unspecified atom stereocenters. The van der Waals surface area contributed by atoms with E-state index in [2.05, 4.69) is 22.0 Å². The van der Waals surface area contributed by atoms with Crippen molar-refractivity contribution in [2.45, 2.75) is 19.4 Å². The number of methoxy groups -OCH3 is 1. The Kier molecular flexibility index (Phi) is 5.77. The van der Waals surface area contributed by atoms with Gasteiger partial charge in [-0.1, -0.05) is 30.3 Å². The van der Waals surface area contributed by atoms with Gasteiger partial charge in [0.2, 0.25) is 11.9 Å². The van der Waals surface area contributed by atoms with E-state index in [0.717, 1.165) is 38.7 Å². The molecule has 0 spiro atoms. The minimum Gasteiger partial charge on any atom is -0.497 e. The van der Waals surface area contributed by atoms with Gasteiger partial charge in [0.15, 0.2) is 11.5 Å². The number of thiophene rings is 1. The van der Waals surface area contributed by atoms with Gasteiger partial charge in [0, 0.05) is 41.5 Å². The smallest absolute Gasteiger partial charge is 0.228 e. The lowest BCUT2D eigenvalue weighted by molar-refractivity contribution is -0.132.